The van der Waals surface area contributed by atoms with E-state index in [0.717, 1.165) is 42.6 Å². The molecule has 8 heteroatoms. The number of alkyl halides is 3. The first kappa shape index (κ1) is 27.7. The van der Waals surface area contributed by atoms with E-state index in [0.29, 0.717) is 50.6 Å². The Morgan fingerprint density at radius 3 is 2.34 bits per heavy atom. The van der Waals surface area contributed by atoms with Crippen LogP contribution in [0.5, 0.6) is 5.75 Å². The van der Waals surface area contributed by atoms with Gasteiger partial charge < -0.3 is 14.8 Å². The normalized spacial score (nSPS) is 18.4. The van der Waals surface area contributed by atoms with Crippen LogP contribution in [0.15, 0.2) is 78.9 Å². The summed E-state index contributed by atoms with van der Waals surface area (Å²) in [7, 11) is 0. The van der Waals surface area contributed by atoms with E-state index >= 15 is 0 Å². The van der Waals surface area contributed by atoms with Crippen LogP contribution in [0.4, 0.5) is 13.2 Å². The number of para-hydroxylation sites is 1. The molecule has 0 aromatic heterocycles. The molecular weight excluding hydrogens is 493 g/mol. The van der Waals surface area contributed by atoms with Crippen LogP contribution in [0.25, 0.3) is 0 Å². The Bertz CT molecular complexity index is 1150. The summed E-state index contributed by atoms with van der Waals surface area (Å²) < 4.78 is 50.8. The molecule has 0 radical (unpaired) electrons. The summed E-state index contributed by atoms with van der Waals surface area (Å²) in [4.78, 5) is 15.4. The molecule has 1 aliphatic heterocycles. The molecule has 4 rings (SSSR count). The minimum absolute atomic E-state index is 0.195. The first-order valence-corrected chi connectivity index (χ1v) is 12.9. The van der Waals surface area contributed by atoms with Crippen molar-refractivity contribution in [3.05, 3.63) is 101 Å². The van der Waals surface area contributed by atoms with Gasteiger partial charge in [0, 0.05) is 19.7 Å². The third-order valence-electron chi connectivity index (χ3n) is 6.48. The third kappa shape index (κ3) is 8.33. The molecule has 1 heterocycles. The highest BCUT2D eigenvalue weighted by Crippen LogP contribution is 2.29. The molecule has 1 aliphatic rings. The van der Waals surface area contributed by atoms with E-state index in [9.17, 15) is 18.0 Å². The van der Waals surface area contributed by atoms with Crippen molar-refractivity contribution in [3.8, 4) is 5.75 Å². The number of carbonyl (C=O) groups excluding carboxylic acids is 1. The number of hydrogen-bond donors (Lipinski definition) is 1. The van der Waals surface area contributed by atoms with Gasteiger partial charge in [-0.25, -0.2) is 0 Å². The predicted octanol–water partition coefficient (Wildman–Crippen LogP) is 5.74. The highest BCUT2D eigenvalue weighted by Gasteiger charge is 2.30. The Hall–Kier alpha value is -3.36. The third-order valence-corrected chi connectivity index (χ3v) is 6.48. The molecule has 202 valence electrons. The summed E-state index contributed by atoms with van der Waals surface area (Å²) in [6.07, 6.45) is -2.00. The summed E-state index contributed by atoms with van der Waals surface area (Å²) >= 11 is 0. The minimum atomic E-state index is -4.35. The van der Waals surface area contributed by atoms with Crippen molar-refractivity contribution < 1.29 is 27.4 Å². The zero-order valence-corrected chi connectivity index (χ0v) is 21.3. The number of amides is 1. The van der Waals surface area contributed by atoms with Gasteiger partial charge in [-0.05, 0) is 61.2 Å². The molecule has 0 saturated carbocycles. The maximum absolute atomic E-state index is 13.2. The van der Waals surface area contributed by atoms with Gasteiger partial charge in [0.25, 0.3) is 5.91 Å². The maximum atomic E-state index is 13.2. The van der Waals surface area contributed by atoms with E-state index in [2.05, 4.69) is 10.2 Å². The molecule has 3 aromatic carbocycles. The molecule has 1 atom stereocenters. The van der Waals surface area contributed by atoms with Gasteiger partial charge in [0.2, 0.25) is 0 Å². The zero-order valence-electron chi connectivity index (χ0n) is 21.3. The Morgan fingerprint density at radius 2 is 1.58 bits per heavy atom. The Morgan fingerprint density at radius 1 is 0.842 bits per heavy atom. The van der Waals surface area contributed by atoms with Crippen molar-refractivity contribution in [2.24, 2.45) is 0 Å². The molecule has 1 amide bonds. The van der Waals surface area contributed by atoms with E-state index in [-0.39, 0.29) is 11.9 Å². The lowest BCUT2D eigenvalue weighted by Gasteiger charge is -2.23. The molecule has 0 saturated heterocycles. The fourth-order valence-corrected chi connectivity index (χ4v) is 4.47. The van der Waals surface area contributed by atoms with Crippen LogP contribution in [-0.2, 0) is 23.9 Å². The number of ether oxygens (including phenoxy) is 2. The Kier molecular flexibility index (Phi) is 9.79. The molecule has 0 aliphatic carbocycles. The summed E-state index contributed by atoms with van der Waals surface area (Å²) in [6.45, 7) is 3.11. The van der Waals surface area contributed by atoms with Crippen LogP contribution in [0, 0.1) is 0 Å². The maximum Gasteiger partial charge on any atom is 0.416 e. The quantitative estimate of drug-likeness (QED) is 0.471. The summed E-state index contributed by atoms with van der Waals surface area (Å²) in [5.74, 6) is 0.273. The number of carbonyl (C=O) groups is 1. The van der Waals surface area contributed by atoms with Crippen molar-refractivity contribution in [1.82, 2.24) is 10.2 Å². The second-order valence-corrected chi connectivity index (χ2v) is 9.46. The van der Waals surface area contributed by atoms with Gasteiger partial charge in [-0.1, -0.05) is 54.6 Å². The highest BCUT2D eigenvalue weighted by molar-refractivity contribution is 5.97. The summed E-state index contributed by atoms with van der Waals surface area (Å²) in [5, 5.41) is 3.11. The topological polar surface area (TPSA) is 50.8 Å². The predicted molar refractivity (Wildman–Crippen MR) is 140 cm³/mol. The van der Waals surface area contributed by atoms with E-state index < -0.39 is 11.7 Å². The number of nitrogens with one attached hydrogen (secondary N) is 1. The lowest BCUT2D eigenvalue weighted by Crippen LogP contribution is -2.40. The molecule has 0 spiro atoms. The number of benzene rings is 3. The number of halogens is 3. The van der Waals surface area contributed by atoms with Gasteiger partial charge in [0.05, 0.1) is 23.8 Å². The van der Waals surface area contributed by atoms with Crippen molar-refractivity contribution in [2.45, 2.75) is 38.0 Å². The molecule has 38 heavy (non-hydrogen) atoms. The van der Waals surface area contributed by atoms with Crippen LogP contribution >= 0.6 is 0 Å². The largest absolute Gasteiger partial charge is 0.491 e. The van der Waals surface area contributed by atoms with Crippen LogP contribution in [0.1, 0.15) is 39.9 Å². The monoisotopic (exact) mass is 526 g/mol. The summed E-state index contributed by atoms with van der Waals surface area (Å²) in [6, 6.07) is 22.2. The fraction of sp³-hybridized carbons (Fsp3) is 0.367. The molecule has 0 unspecified atom stereocenters. The van der Waals surface area contributed by atoms with E-state index in [1.54, 1.807) is 18.2 Å². The Labute approximate surface area is 221 Å². The average Bonchev–Trinajstić information content (AvgIpc) is 2.91. The lowest BCUT2D eigenvalue weighted by atomic mass is 10.1. The first-order chi connectivity index (χ1) is 18.4. The second-order valence-electron chi connectivity index (χ2n) is 9.46. The molecule has 5 nitrogen and oxygen atoms in total. The van der Waals surface area contributed by atoms with E-state index in [1.807, 2.05) is 36.4 Å². The molecule has 0 bridgehead atoms. The van der Waals surface area contributed by atoms with Gasteiger partial charge in [0.15, 0.2) is 0 Å². The van der Waals surface area contributed by atoms with Crippen molar-refractivity contribution in [3.63, 3.8) is 0 Å². The van der Waals surface area contributed by atoms with Crippen LogP contribution < -0.4 is 10.1 Å². The van der Waals surface area contributed by atoms with E-state index in [4.69, 9.17) is 9.47 Å². The standard InChI is InChI=1S/C30H33F3N2O3/c31-30(32,33)25-14-12-24(13-15-25)21-35-16-6-7-18-37-22-26(20-23-8-2-1-3-9-23)34-29(36)27-10-4-5-11-28(27)38-19-17-35/h1-5,8-15,26H,6-7,16-22H2,(H,34,36)/t26-/m0/s1. The molecule has 3 aromatic rings. The number of rotatable bonds is 4. The average molecular weight is 527 g/mol. The number of nitrogens with zero attached hydrogens (tertiary/aromatic N) is 1. The smallest absolute Gasteiger partial charge is 0.416 e. The molecular formula is C30H33F3N2O3. The van der Waals surface area contributed by atoms with Gasteiger partial charge in [0.1, 0.15) is 12.4 Å². The molecule has 0 fully saturated rings. The second kappa shape index (κ2) is 13.4. The van der Waals surface area contributed by atoms with Crippen molar-refractivity contribution in [1.29, 1.82) is 0 Å². The SMILES string of the molecule is O=C1N[C@@H](Cc2ccccc2)COCCCCN(Cc2ccc(C(F)(F)F)cc2)CCOc2ccccc21. The van der Waals surface area contributed by atoms with Crippen LogP contribution in [-0.4, -0.2) is 49.8 Å². The van der Waals surface area contributed by atoms with E-state index in [1.165, 1.54) is 12.1 Å². The first-order valence-electron chi connectivity index (χ1n) is 12.9. The zero-order chi connectivity index (χ0) is 26.8. The van der Waals surface area contributed by atoms with Crippen LogP contribution in [0.3, 0.4) is 0 Å². The van der Waals surface area contributed by atoms with Crippen molar-refractivity contribution in [2.75, 3.05) is 32.9 Å². The minimum Gasteiger partial charge on any atom is -0.491 e. The van der Waals surface area contributed by atoms with Gasteiger partial charge in [-0.15, -0.1) is 0 Å². The number of hydrogen-bond acceptors (Lipinski definition) is 4. The van der Waals surface area contributed by atoms with Crippen molar-refractivity contribution >= 4 is 5.91 Å². The van der Waals surface area contributed by atoms with Crippen LogP contribution in [0.2, 0.25) is 0 Å². The fourth-order valence-electron chi connectivity index (χ4n) is 4.47. The number of fused-ring (bicyclic) bond motifs is 1. The molecule has 1 N–H and O–H groups in total. The van der Waals surface area contributed by atoms with Gasteiger partial charge in [-0.3, -0.25) is 9.69 Å². The van der Waals surface area contributed by atoms with Gasteiger partial charge >= 0.3 is 6.18 Å². The Balaban J connectivity index is 1.45. The lowest BCUT2D eigenvalue weighted by molar-refractivity contribution is -0.137. The summed E-state index contributed by atoms with van der Waals surface area (Å²) in [5.41, 5.74) is 1.72. The highest BCUT2D eigenvalue weighted by atomic mass is 19.4. The van der Waals surface area contributed by atoms with Gasteiger partial charge in [-0.2, -0.15) is 13.2 Å².